The van der Waals surface area contributed by atoms with Gasteiger partial charge in [-0.15, -0.1) is 0 Å². The molecule has 0 amide bonds. The van der Waals surface area contributed by atoms with Crippen molar-refractivity contribution in [2.24, 2.45) is 0 Å². The molecule has 0 aromatic carbocycles. The summed E-state index contributed by atoms with van der Waals surface area (Å²) in [4.78, 5) is 25.9. The molecule has 3 N–H and O–H groups in total. The molecule has 1 unspecified atom stereocenters. The Morgan fingerprint density at radius 3 is 2.75 bits per heavy atom. The zero-order chi connectivity index (χ0) is 12.3. The van der Waals surface area contributed by atoms with Gasteiger partial charge in [0.15, 0.2) is 6.10 Å². The van der Waals surface area contributed by atoms with Crippen LogP contribution in [-0.2, 0) is 9.53 Å². The molecule has 0 aliphatic rings. The number of nitrogens with zero attached hydrogens (tertiary/aromatic N) is 1. The monoisotopic (exact) mass is 224 g/mol. The molecule has 1 atom stereocenters. The van der Waals surface area contributed by atoms with Crippen LogP contribution in [0.2, 0.25) is 0 Å². The molecule has 16 heavy (non-hydrogen) atoms. The van der Waals surface area contributed by atoms with Crippen LogP contribution in [0.15, 0.2) is 12.3 Å². The maximum atomic E-state index is 11.6. The average Bonchev–Trinajstić information content (AvgIpc) is 2.21. The normalized spacial score (nSPS) is 11.9. The number of pyridine rings is 1. The molecule has 86 valence electrons. The maximum Gasteiger partial charge on any atom is 0.344 e. The fourth-order valence-corrected chi connectivity index (χ4v) is 1.03. The van der Waals surface area contributed by atoms with E-state index in [1.165, 1.54) is 19.2 Å². The largest absolute Gasteiger partial charge is 0.479 e. The van der Waals surface area contributed by atoms with Crippen molar-refractivity contribution in [3.63, 3.8) is 0 Å². The van der Waals surface area contributed by atoms with E-state index in [1.807, 2.05) is 0 Å². The summed E-state index contributed by atoms with van der Waals surface area (Å²) in [5.41, 5.74) is 6.40. The highest BCUT2D eigenvalue weighted by Gasteiger charge is 2.19. The van der Waals surface area contributed by atoms with E-state index in [0.29, 0.717) is 11.4 Å². The second kappa shape index (κ2) is 4.61. The number of nitrogen functional groups attached to an aromatic ring is 1. The fraction of sp³-hybridized carbons (Fsp3) is 0.300. The number of ether oxygens (including phenoxy) is 1. The van der Waals surface area contributed by atoms with Gasteiger partial charge in [-0.2, -0.15) is 0 Å². The van der Waals surface area contributed by atoms with Gasteiger partial charge < -0.3 is 15.6 Å². The fourth-order valence-electron chi connectivity index (χ4n) is 1.03. The lowest BCUT2D eigenvalue weighted by Crippen LogP contribution is -2.24. The summed E-state index contributed by atoms with van der Waals surface area (Å²) in [5.74, 6) is -1.95. The van der Waals surface area contributed by atoms with Crippen LogP contribution in [0.4, 0.5) is 5.69 Å². The van der Waals surface area contributed by atoms with Gasteiger partial charge in [0.1, 0.15) is 0 Å². The van der Waals surface area contributed by atoms with Gasteiger partial charge >= 0.3 is 11.9 Å². The van der Waals surface area contributed by atoms with Crippen LogP contribution < -0.4 is 5.73 Å². The number of aromatic nitrogens is 1. The summed E-state index contributed by atoms with van der Waals surface area (Å²) in [6.07, 6.45) is 0.209. The van der Waals surface area contributed by atoms with E-state index < -0.39 is 18.0 Å². The van der Waals surface area contributed by atoms with Gasteiger partial charge in [0.25, 0.3) is 0 Å². The number of carbonyl (C=O) groups excluding carboxylic acids is 1. The lowest BCUT2D eigenvalue weighted by Gasteiger charge is -2.10. The molecule has 0 fully saturated rings. The van der Waals surface area contributed by atoms with E-state index in [-0.39, 0.29) is 5.56 Å². The highest BCUT2D eigenvalue weighted by atomic mass is 16.6. The first-order valence-corrected chi connectivity index (χ1v) is 4.57. The van der Waals surface area contributed by atoms with Gasteiger partial charge in [-0.3, -0.25) is 4.98 Å². The van der Waals surface area contributed by atoms with Crippen LogP contribution in [-0.4, -0.2) is 28.1 Å². The number of anilines is 1. The predicted octanol–water partition coefficient (Wildman–Crippen LogP) is 0.602. The third-order valence-corrected chi connectivity index (χ3v) is 1.96. The van der Waals surface area contributed by atoms with Crippen molar-refractivity contribution < 1.29 is 19.4 Å². The van der Waals surface area contributed by atoms with Gasteiger partial charge in [-0.25, -0.2) is 9.59 Å². The van der Waals surface area contributed by atoms with Crippen LogP contribution in [0, 0.1) is 6.92 Å². The smallest absolute Gasteiger partial charge is 0.344 e. The Balaban J connectivity index is 2.88. The Morgan fingerprint density at radius 2 is 2.19 bits per heavy atom. The van der Waals surface area contributed by atoms with Crippen molar-refractivity contribution in [3.8, 4) is 0 Å². The number of carbonyl (C=O) groups is 2. The lowest BCUT2D eigenvalue weighted by molar-refractivity contribution is -0.146. The first kappa shape index (κ1) is 12.0. The molecule has 0 spiro atoms. The summed E-state index contributed by atoms with van der Waals surface area (Å²) >= 11 is 0. The van der Waals surface area contributed by atoms with E-state index in [2.05, 4.69) is 4.98 Å². The van der Waals surface area contributed by atoms with E-state index in [1.54, 1.807) is 6.92 Å². The molecule has 0 radical (unpaired) electrons. The summed E-state index contributed by atoms with van der Waals surface area (Å²) in [7, 11) is 0. The minimum absolute atomic E-state index is 0.174. The van der Waals surface area contributed by atoms with Gasteiger partial charge in [0, 0.05) is 0 Å². The molecule has 0 aliphatic carbocycles. The summed E-state index contributed by atoms with van der Waals surface area (Å²) in [5, 5.41) is 8.58. The van der Waals surface area contributed by atoms with Crippen molar-refractivity contribution in [2.75, 3.05) is 5.73 Å². The van der Waals surface area contributed by atoms with Crippen LogP contribution in [0.3, 0.4) is 0 Å². The quantitative estimate of drug-likeness (QED) is 0.729. The topological polar surface area (TPSA) is 103 Å². The first-order chi connectivity index (χ1) is 7.41. The molecule has 0 saturated carbocycles. The van der Waals surface area contributed by atoms with E-state index in [4.69, 9.17) is 15.6 Å². The highest BCUT2D eigenvalue weighted by Crippen LogP contribution is 2.11. The minimum Gasteiger partial charge on any atom is -0.479 e. The predicted molar refractivity (Wildman–Crippen MR) is 55.9 cm³/mol. The average molecular weight is 224 g/mol. The number of aliphatic carboxylic acids is 1. The first-order valence-electron chi connectivity index (χ1n) is 4.57. The Labute approximate surface area is 92.0 Å². The third kappa shape index (κ3) is 2.69. The number of nitrogens with two attached hydrogens (primary N) is 1. The molecule has 0 saturated heterocycles. The van der Waals surface area contributed by atoms with Crippen LogP contribution in [0.25, 0.3) is 0 Å². The molecule has 1 aromatic rings. The zero-order valence-electron chi connectivity index (χ0n) is 8.93. The summed E-state index contributed by atoms with van der Waals surface area (Å²) < 4.78 is 4.70. The van der Waals surface area contributed by atoms with Gasteiger partial charge in [-0.1, -0.05) is 0 Å². The molecular formula is C10H12N2O4. The number of hydrogen-bond donors (Lipinski definition) is 2. The lowest BCUT2D eigenvalue weighted by atomic mass is 10.2. The zero-order valence-corrected chi connectivity index (χ0v) is 8.93. The number of esters is 1. The summed E-state index contributed by atoms with van der Waals surface area (Å²) in [6.45, 7) is 2.89. The molecule has 0 bridgehead atoms. The molecule has 1 aromatic heterocycles. The number of hydrogen-bond acceptors (Lipinski definition) is 5. The minimum atomic E-state index is -1.21. The second-order valence-electron chi connectivity index (χ2n) is 3.29. The number of rotatable bonds is 3. The summed E-state index contributed by atoms with van der Waals surface area (Å²) in [6, 6.07) is 1.40. The van der Waals surface area contributed by atoms with Crippen LogP contribution in [0.5, 0.6) is 0 Å². The molecule has 1 rings (SSSR count). The van der Waals surface area contributed by atoms with Gasteiger partial charge in [0.05, 0.1) is 23.1 Å². The number of aryl methyl sites for hydroxylation is 1. The Bertz CT molecular complexity index is 431. The standard InChI is InChI=1S/C10H12N2O4/c1-5-8(3-7(11)4-12-5)10(15)16-6(2)9(13)14/h3-4,6H,11H2,1-2H3,(H,13,14). The number of carboxylic acids is 1. The van der Waals surface area contributed by atoms with Crippen molar-refractivity contribution in [2.45, 2.75) is 20.0 Å². The third-order valence-electron chi connectivity index (χ3n) is 1.96. The van der Waals surface area contributed by atoms with E-state index in [0.717, 1.165) is 0 Å². The van der Waals surface area contributed by atoms with E-state index in [9.17, 15) is 9.59 Å². The maximum absolute atomic E-state index is 11.6. The van der Waals surface area contributed by atoms with Gasteiger partial charge in [-0.05, 0) is 19.9 Å². The highest BCUT2D eigenvalue weighted by molar-refractivity contribution is 5.92. The number of carboxylic acid groups (broad SMARTS) is 1. The van der Waals surface area contributed by atoms with Crippen molar-refractivity contribution in [3.05, 3.63) is 23.5 Å². The van der Waals surface area contributed by atoms with Crippen molar-refractivity contribution in [1.82, 2.24) is 4.98 Å². The Kier molecular flexibility index (Phi) is 3.44. The molecule has 6 nitrogen and oxygen atoms in total. The van der Waals surface area contributed by atoms with Crippen LogP contribution in [0.1, 0.15) is 23.0 Å². The molecular weight excluding hydrogens is 212 g/mol. The molecule has 1 heterocycles. The van der Waals surface area contributed by atoms with E-state index >= 15 is 0 Å². The Hall–Kier alpha value is -2.11. The molecule has 6 heteroatoms. The Morgan fingerprint density at radius 1 is 1.56 bits per heavy atom. The van der Waals surface area contributed by atoms with Gasteiger partial charge in [0.2, 0.25) is 0 Å². The van der Waals surface area contributed by atoms with Crippen molar-refractivity contribution in [1.29, 1.82) is 0 Å². The van der Waals surface area contributed by atoms with Crippen molar-refractivity contribution >= 4 is 17.6 Å². The second-order valence-corrected chi connectivity index (χ2v) is 3.29. The SMILES string of the molecule is Cc1ncc(N)cc1C(=O)OC(C)C(=O)O. The van der Waals surface area contributed by atoms with Crippen LogP contribution >= 0.6 is 0 Å². The molecule has 0 aliphatic heterocycles.